The Morgan fingerprint density at radius 3 is 2.52 bits per heavy atom. The van der Waals surface area contributed by atoms with Crippen LogP contribution in [0.4, 0.5) is 0 Å². The number of aromatic carboxylic acids is 1. The maximum absolute atomic E-state index is 13.9. The second-order valence-electron chi connectivity index (χ2n) is 10.3. The molecule has 1 aliphatic heterocycles. The van der Waals surface area contributed by atoms with E-state index in [0.29, 0.717) is 48.2 Å². The van der Waals surface area contributed by atoms with E-state index in [4.69, 9.17) is 25.8 Å². The summed E-state index contributed by atoms with van der Waals surface area (Å²) in [6.07, 6.45) is 1.38. The van der Waals surface area contributed by atoms with Crippen molar-refractivity contribution in [3.63, 3.8) is 0 Å². The SMILES string of the molecule is COc1cc(/C=c2\sc3n(c2=O)[C@@H](c2ccc(Cl)cc2)C(C(=O)OC(C)C)=C(C)N=3)ccc1OCc1cccc(C(=O)O)c1. The first-order valence-electron chi connectivity index (χ1n) is 13.7. The summed E-state index contributed by atoms with van der Waals surface area (Å²) >= 11 is 7.36. The molecule has 3 aromatic carbocycles. The van der Waals surface area contributed by atoms with Gasteiger partial charge in [0.25, 0.3) is 5.56 Å². The monoisotopic (exact) mass is 632 g/mol. The van der Waals surface area contributed by atoms with Gasteiger partial charge in [0.2, 0.25) is 0 Å². The molecule has 1 aliphatic rings. The van der Waals surface area contributed by atoms with Crippen LogP contribution in [0.2, 0.25) is 5.02 Å². The van der Waals surface area contributed by atoms with E-state index in [1.54, 1.807) is 87.5 Å². The second-order valence-corrected chi connectivity index (χ2v) is 11.7. The number of aromatic nitrogens is 1. The summed E-state index contributed by atoms with van der Waals surface area (Å²) in [5.41, 5.74) is 2.70. The number of fused-ring (bicyclic) bond motifs is 1. The van der Waals surface area contributed by atoms with Crippen LogP contribution in [-0.4, -0.2) is 34.8 Å². The number of carbonyl (C=O) groups is 2. The number of halogens is 1. The van der Waals surface area contributed by atoms with Crippen molar-refractivity contribution in [3.05, 3.63) is 125 Å². The minimum absolute atomic E-state index is 0.140. The Morgan fingerprint density at radius 1 is 1.09 bits per heavy atom. The molecular weight excluding hydrogens is 604 g/mol. The Bertz CT molecular complexity index is 1960. The van der Waals surface area contributed by atoms with Crippen LogP contribution < -0.4 is 24.4 Å². The highest BCUT2D eigenvalue weighted by Gasteiger charge is 2.33. The van der Waals surface area contributed by atoms with E-state index in [-0.39, 0.29) is 29.4 Å². The van der Waals surface area contributed by atoms with Gasteiger partial charge in [0.15, 0.2) is 16.3 Å². The zero-order valence-electron chi connectivity index (χ0n) is 24.4. The van der Waals surface area contributed by atoms with Crippen LogP contribution in [0, 0.1) is 0 Å². The average Bonchev–Trinajstić information content (AvgIpc) is 3.29. The number of benzene rings is 3. The summed E-state index contributed by atoms with van der Waals surface area (Å²) in [7, 11) is 1.51. The molecule has 1 aromatic heterocycles. The number of hydrogen-bond donors (Lipinski definition) is 1. The number of rotatable bonds is 9. The van der Waals surface area contributed by atoms with Crippen LogP contribution in [0.1, 0.15) is 53.9 Å². The molecule has 1 N–H and O–H groups in total. The van der Waals surface area contributed by atoms with Crippen molar-refractivity contribution >= 4 is 41.0 Å². The number of carboxylic acids is 1. The Hall–Kier alpha value is -4.67. The van der Waals surface area contributed by atoms with Gasteiger partial charge in [-0.3, -0.25) is 9.36 Å². The summed E-state index contributed by atoms with van der Waals surface area (Å²) in [5, 5.41) is 9.78. The van der Waals surface area contributed by atoms with Crippen molar-refractivity contribution in [2.75, 3.05) is 7.11 Å². The van der Waals surface area contributed by atoms with Gasteiger partial charge in [0.05, 0.1) is 40.6 Å². The molecule has 0 unspecified atom stereocenters. The highest BCUT2D eigenvalue weighted by atomic mass is 35.5. The van der Waals surface area contributed by atoms with E-state index in [1.807, 2.05) is 0 Å². The van der Waals surface area contributed by atoms with Gasteiger partial charge in [0, 0.05) is 5.02 Å². The summed E-state index contributed by atoms with van der Waals surface area (Å²) in [5.74, 6) is -0.654. The number of carbonyl (C=O) groups excluding carboxylic acids is 1. The van der Waals surface area contributed by atoms with E-state index >= 15 is 0 Å². The van der Waals surface area contributed by atoms with Gasteiger partial charge in [-0.15, -0.1) is 0 Å². The predicted molar refractivity (Wildman–Crippen MR) is 167 cm³/mol. The summed E-state index contributed by atoms with van der Waals surface area (Å²) < 4.78 is 18.9. The van der Waals surface area contributed by atoms with Gasteiger partial charge < -0.3 is 19.3 Å². The van der Waals surface area contributed by atoms with Crippen molar-refractivity contribution in [2.45, 2.75) is 39.5 Å². The Morgan fingerprint density at radius 2 is 1.84 bits per heavy atom. The minimum atomic E-state index is -1.01. The molecule has 0 saturated carbocycles. The molecule has 0 radical (unpaired) electrons. The molecule has 0 saturated heterocycles. The lowest BCUT2D eigenvalue weighted by molar-refractivity contribution is -0.143. The quantitative estimate of drug-likeness (QED) is 0.255. The number of esters is 1. The van der Waals surface area contributed by atoms with Crippen molar-refractivity contribution < 1.29 is 28.9 Å². The first-order valence-corrected chi connectivity index (χ1v) is 14.9. The van der Waals surface area contributed by atoms with Crippen molar-refractivity contribution in [2.24, 2.45) is 4.99 Å². The first-order chi connectivity index (χ1) is 21.0. The first kappa shape index (κ1) is 30.8. The lowest BCUT2D eigenvalue weighted by Crippen LogP contribution is -2.40. The molecular formula is C33H29ClN2O7S. The van der Waals surface area contributed by atoms with Crippen molar-refractivity contribution in [1.29, 1.82) is 0 Å². The highest BCUT2D eigenvalue weighted by molar-refractivity contribution is 7.07. The molecule has 11 heteroatoms. The molecule has 0 aliphatic carbocycles. The maximum Gasteiger partial charge on any atom is 0.338 e. The number of carboxylic acid groups (broad SMARTS) is 1. The Kier molecular flexibility index (Phi) is 9.03. The van der Waals surface area contributed by atoms with Gasteiger partial charge in [-0.1, -0.05) is 53.3 Å². The van der Waals surface area contributed by atoms with E-state index in [1.165, 1.54) is 29.1 Å². The molecule has 0 fully saturated rings. The largest absolute Gasteiger partial charge is 0.493 e. The molecule has 5 rings (SSSR count). The molecule has 226 valence electrons. The normalized spacial score (nSPS) is 14.7. The van der Waals surface area contributed by atoms with Crippen LogP contribution in [0.25, 0.3) is 6.08 Å². The van der Waals surface area contributed by atoms with Gasteiger partial charge >= 0.3 is 11.9 Å². The Balaban J connectivity index is 1.51. The molecule has 1 atom stereocenters. The maximum atomic E-state index is 13.9. The average molecular weight is 633 g/mol. The molecule has 0 spiro atoms. The van der Waals surface area contributed by atoms with Crippen molar-refractivity contribution in [1.82, 2.24) is 4.57 Å². The summed E-state index contributed by atoms with van der Waals surface area (Å²) in [4.78, 5) is 43.5. The lowest BCUT2D eigenvalue weighted by Gasteiger charge is -2.25. The summed E-state index contributed by atoms with van der Waals surface area (Å²) in [6.45, 7) is 5.41. The number of hydrogen-bond acceptors (Lipinski definition) is 8. The fourth-order valence-corrected chi connectivity index (χ4v) is 5.99. The fourth-order valence-electron chi connectivity index (χ4n) is 4.82. The zero-order chi connectivity index (χ0) is 31.5. The molecule has 9 nitrogen and oxygen atoms in total. The van der Waals surface area contributed by atoms with Crippen molar-refractivity contribution in [3.8, 4) is 11.5 Å². The second kappa shape index (κ2) is 12.9. The topological polar surface area (TPSA) is 116 Å². The van der Waals surface area contributed by atoms with E-state index in [0.717, 1.165) is 0 Å². The van der Waals surface area contributed by atoms with Crippen LogP contribution in [0.3, 0.4) is 0 Å². The lowest BCUT2D eigenvalue weighted by atomic mass is 9.96. The fraction of sp³-hybridized carbons (Fsp3) is 0.212. The number of allylic oxidation sites excluding steroid dienone is 1. The highest BCUT2D eigenvalue weighted by Crippen LogP contribution is 2.32. The Labute approximate surface area is 261 Å². The van der Waals surface area contributed by atoms with Crippen LogP contribution in [0.5, 0.6) is 11.5 Å². The van der Waals surface area contributed by atoms with Crippen LogP contribution >= 0.6 is 22.9 Å². The third-order valence-corrected chi connectivity index (χ3v) is 8.06. The standard InChI is InChI=1S/C33H29ClN2O7S/c1-18(2)43-32(40)28-19(3)35-33-36(29(28)22-9-11-24(34)12-10-22)30(37)27(44-33)16-20-8-13-25(26(15-20)41-4)42-17-21-6-5-7-23(14-21)31(38)39/h5-16,18,29H,17H2,1-4H3,(H,38,39)/b27-16-/t29-/m0/s1. The number of thiazole rings is 1. The van der Waals surface area contributed by atoms with E-state index in [9.17, 15) is 19.5 Å². The third kappa shape index (κ3) is 6.46. The van der Waals surface area contributed by atoms with Gasteiger partial charge in [-0.05, 0) is 79.9 Å². The van der Waals surface area contributed by atoms with Gasteiger partial charge in [-0.2, -0.15) is 0 Å². The van der Waals surface area contributed by atoms with Gasteiger partial charge in [0.1, 0.15) is 6.61 Å². The number of methoxy groups -OCH3 is 1. The minimum Gasteiger partial charge on any atom is -0.493 e. The molecule has 2 heterocycles. The smallest absolute Gasteiger partial charge is 0.338 e. The predicted octanol–water partition coefficient (Wildman–Crippen LogP) is 5.13. The molecule has 0 bridgehead atoms. The molecule has 4 aromatic rings. The van der Waals surface area contributed by atoms with Crippen LogP contribution in [0.15, 0.2) is 87.8 Å². The summed E-state index contributed by atoms with van der Waals surface area (Å²) in [6, 6.07) is 18.0. The van der Waals surface area contributed by atoms with Gasteiger partial charge in [-0.25, -0.2) is 14.6 Å². The number of nitrogens with zero attached hydrogens (tertiary/aromatic N) is 2. The van der Waals surface area contributed by atoms with E-state index < -0.39 is 18.0 Å². The third-order valence-electron chi connectivity index (χ3n) is 6.82. The number of ether oxygens (including phenoxy) is 3. The zero-order valence-corrected chi connectivity index (χ0v) is 25.9. The molecule has 0 amide bonds. The van der Waals surface area contributed by atoms with Crippen LogP contribution in [-0.2, 0) is 16.1 Å². The van der Waals surface area contributed by atoms with E-state index in [2.05, 4.69) is 4.99 Å². The molecule has 44 heavy (non-hydrogen) atoms.